The number of carbonyl (C=O) groups is 1. The molecule has 0 spiro atoms. The lowest BCUT2D eigenvalue weighted by Crippen LogP contribution is -2.14. The minimum absolute atomic E-state index is 0.0357. The second-order valence-electron chi connectivity index (χ2n) is 5.32. The van der Waals surface area contributed by atoms with E-state index in [1.165, 1.54) is 36.3 Å². The second-order valence-corrected chi connectivity index (χ2v) is 7.11. The van der Waals surface area contributed by atoms with E-state index >= 15 is 0 Å². The standard InChI is InChI=1S/C17H12Cl2F2N4O2S/c18-10-2-1-3-12(6-10)25-9-22-24-17(25)28-8-15(26)23-11-4-5-14(13(19)7-11)27-16(20)21/h1-7,9,16H,8H2,(H,23,26). The number of hydrogen-bond donors (Lipinski definition) is 1. The van der Waals surface area contributed by atoms with Gasteiger partial charge in [0.2, 0.25) is 5.91 Å². The monoisotopic (exact) mass is 444 g/mol. The van der Waals surface area contributed by atoms with Gasteiger partial charge in [0.25, 0.3) is 0 Å². The van der Waals surface area contributed by atoms with E-state index in [1.54, 1.807) is 22.8 Å². The molecule has 11 heteroatoms. The van der Waals surface area contributed by atoms with Crippen molar-refractivity contribution in [2.45, 2.75) is 11.8 Å². The quantitative estimate of drug-likeness (QED) is 0.524. The third kappa shape index (κ3) is 5.34. The normalized spacial score (nSPS) is 10.9. The lowest BCUT2D eigenvalue weighted by molar-refractivity contribution is -0.113. The minimum atomic E-state index is -2.98. The van der Waals surface area contributed by atoms with Gasteiger partial charge in [0.1, 0.15) is 12.1 Å². The van der Waals surface area contributed by atoms with Gasteiger partial charge in [0.15, 0.2) is 5.16 Å². The topological polar surface area (TPSA) is 69.0 Å². The first-order chi connectivity index (χ1) is 13.4. The molecule has 0 fully saturated rings. The second kappa shape index (κ2) is 9.22. The number of amides is 1. The van der Waals surface area contributed by atoms with Crippen LogP contribution >= 0.6 is 35.0 Å². The van der Waals surface area contributed by atoms with Crippen LogP contribution in [0.25, 0.3) is 5.69 Å². The van der Waals surface area contributed by atoms with Crippen LogP contribution in [0.1, 0.15) is 0 Å². The molecule has 3 rings (SSSR count). The van der Waals surface area contributed by atoms with Crippen LogP contribution in [0, 0.1) is 0 Å². The Balaban J connectivity index is 1.61. The average molecular weight is 445 g/mol. The Morgan fingerprint density at radius 2 is 2.07 bits per heavy atom. The van der Waals surface area contributed by atoms with E-state index in [9.17, 15) is 13.6 Å². The molecule has 1 aromatic heterocycles. The highest BCUT2D eigenvalue weighted by molar-refractivity contribution is 7.99. The van der Waals surface area contributed by atoms with Gasteiger partial charge >= 0.3 is 6.61 Å². The highest BCUT2D eigenvalue weighted by atomic mass is 35.5. The van der Waals surface area contributed by atoms with Crippen molar-refractivity contribution in [3.8, 4) is 11.4 Å². The molecule has 0 aliphatic heterocycles. The Bertz CT molecular complexity index is 987. The first-order valence-electron chi connectivity index (χ1n) is 7.75. The van der Waals surface area contributed by atoms with Crippen LogP contribution in [0.3, 0.4) is 0 Å². The molecular weight excluding hydrogens is 433 g/mol. The minimum Gasteiger partial charge on any atom is -0.433 e. The van der Waals surface area contributed by atoms with Crippen LogP contribution < -0.4 is 10.1 Å². The van der Waals surface area contributed by atoms with Gasteiger partial charge in [0, 0.05) is 10.7 Å². The number of ether oxygens (including phenoxy) is 1. The molecule has 3 aromatic rings. The first-order valence-corrected chi connectivity index (χ1v) is 9.49. The number of carbonyl (C=O) groups excluding carboxylic acids is 1. The first kappa shape index (κ1) is 20.4. The molecule has 0 bridgehead atoms. The lowest BCUT2D eigenvalue weighted by atomic mass is 10.3. The van der Waals surface area contributed by atoms with Crippen molar-refractivity contribution in [1.29, 1.82) is 0 Å². The maximum absolute atomic E-state index is 12.2. The molecule has 0 saturated heterocycles. The van der Waals surface area contributed by atoms with E-state index in [4.69, 9.17) is 23.2 Å². The number of benzene rings is 2. The Hall–Kier alpha value is -2.36. The van der Waals surface area contributed by atoms with E-state index in [0.29, 0.717) is 15.9 Å². The van der Waals surface area contributed by atoms with Crippen molar-refractivity contribution in [3.05, 3.63) is 58.8 Å². The summed E-state index contributed by atoms with van der Waals surface area (Å²) in [6.07, 6.45) is 1.52. The molecule has 0 saturated carbocycles. The SMILES string of the molecule is O=C(CSc1nncn1-c1cccc(Cl)c1)Nc1ccc(OC(F)F)c(Cl)c1. The summed E-state index contributed by atoms with van der Waals surface area (Å²) in [5.74, 6) is -0.450. The zero-order chi connectivity index (χ0) is 20.1. The predicted octanol–water partition coefficient (Wildman–Crippen LogP) is 4.91. The summed E-state index contributed by atoms with van der Waals surface area (Å²) in [6, 6.07) is 11.1. The molecule has 1 N–H and O–H groups in total. The fraction of sp³-hybridized carbons (Fsp3) is 0.118. The van der Waals surface area contributed by atoms with Crippen LogP contribution in [0.15, 0.2) is 53.9 Å². The van der Waals surface area contributed by atoms with Gasteiger partial charge in [-0.1, -0.05) is 41.0 Å². The van der Waals surface area contributed by atoms with Gasteiger partial charge in [-0.2, -0.15) is 8.78 Å². The molecule has 28 heavy (non-hydrogen) atoms. The molecule has 1 amide bonds. The van der Waals surface area contributed by atoms with Crippen molar-refractivity contribution in [2.24, 2.45) is 0 Å². The van der Waals surface area contributed by atoms with E-state index in [1.807, 2.05) is 6.07 Å². The van der Waals surface area contributed by atoms with Gasteiger partial charge in [-0.25, -0.2) is 0 Å². The summed E-state index contributed by atoms with van der Waals surface area (Å²) in [7, 11) is 0. The summed E-state index contributed by atoms with van der Waals surface area (Å²) in [6.45, 7) is -2.98. The predicted molar refractivity (Wildman–Crippen MR) is 104 cm³/mol. The summed E-state index contributed by atoms with van der Waals surface area (Å²) in [5, 5.41) is 11.5. The zero-order valence-corrected chi connectivity index (χ0v) is 16.3. The zero-order valence-electron chi connectivity index (χ0n) is 14.0. The summed E-state index contributed by atoms with van der Waals surface area (Å²) < 4.78 is 30.5. The third-order valence-corrected chi connectivity index (χ3v) is 4.84. The molecule has 0 aliphatic rings. The Morgan fingerprint density at radius 1 is 1.25 bits per heavy atom. The van der Waals surface area contributed by atoms with E-state index in [2.05, 4.69) is 20.3 Å². The van der Waals surface area contributed by atoms with Gasteiger partial charge < -0.3 is 10.1 Å². The number of alkyl halides is 2. The Morgan fingerprint density at radius 3 is 2.79 bits per heavy atom. The number of aromatic nitrogens is 3. The number of rotatable bonds is 7. The van der Waals surface area contributed by atoms with E-state index in [0.717, 1.165) is 5.69 Å². The molecule has 0 aliphatic carbocycles. The molecule has 0 atom stereocenters. The van der Waals surface area contributed by atoms with Crippen LogP contribution in [0.2, 0.25) is 10.0 Å². The van der Waals surface area contributed by atoms with Crippen molar-refractivity contribution >= 4 is 46.6 Å². The van der Waals surface area contributed by atoms with Crippen LogP contribution in [-0.2, 0) is 4.79 Å². The van der Waals surface area contributed by atoms with E-state index in [-0.39, 0.29) is 22.4 Å². The average Bonchev–Trinajstić information content (AvgIpc) is 3.11. The van der Waals surface area contributed by atoms with Crippen LogP contribution in [-0.4, -0.2) is 33.0 Å². The van der Waals surface area contributed by atoms with Crippen molar-refractivity contribution < 1.29 is 18.3 Å². The lowest BCUT2D eigenvalue weighted by Gasteiger charge is -2.10. The number of hydrogen-bond acceptors (Lipinski definition) is 5. The van der Waals surface area contributed by atoms with Gasteiger partial charge in [-0.05, 0) is 36.4 Å². The smallest absolute Gasteiger partial charge is 0.387 e. The fourth-order valence-corrected chi connectivity index (χ4v) is 3.36. The van der Waals surface area contributed by atoms with Gasteiger partial charge in [-0.15, -0.1) is 10.2 Å². The molecule has 0 unspecified atom stereocenters. The van der Waals surface area contributed by atoms with Crippen molar-refractivity contribution in [2.75, 3.05) is 11.1 Å². The maximum Gasteiger partial charge on any atom is 0.387 e. The molecule has 1 heterocycles. The Labute approximate surface area is 172 Å². The summed E-state index contributed by atoms with van der Waals surface area (Å²) in [4.78, 5) is 12.2. The number of nitrogens with one attached hydrogen (secondary N) is 1. The highest BCUT2D eigenvalue weighted by Crippen LogP contribution is 2.29. The molecule has 2 aromatic carbocycles. The number of anilines is 1. The van der Waals surface area contributed by atoms with Crippen molar-refractivity contribution in [1.82, 2.24) is 14.8 Å². The maximum atomic E-state index is 12.2. The van der Waals surface area contributed by atoms with E-state index < -0.39 is 6.61 Å². The largest absolute Gasteiger partial charge is 0.433 e. The summed E-state index contributed by atoms with van der Waals surface area (Å²) >= 11 is 13.0. The Kier molecular flexibility index (Phi) is 6.71. The molecule has 146 valence electrons. The van der Waals surface area contributed by atoms with Crippen LogP contribution in [0.4, 0.5) is 14.5 Å². The molecular formula is C17H12Cl2F2N4O2S. The van der Waals surface area contributed by atoms with Crippen LogP contribution in [0.5, 0.6) is 5.75 Å². The van der Waals surface area contributed by atoms with Gasteiger partial charge in [-0.3, -0.25) is 9.36 Å². The number of thioether (sulfide) groups is 1. The highest BCUT2D eigenvalue weighted by Gasteiger charge is 2.13. The third-order valence-electron chi connectivity index (χ3n) is 3.37. The number of halogens is 4. The van der Waals surface area contributed by atoms with Gasteiger partial charge in [0.05, 0.1) is 16.5 Å². The summed E-state index contributed by atoms with van der Waals surface area (Å²) in [5.41, 5.74) is 1.12. The molecule has 0 radical (unpaired) electrons. The number of nitrogens with zero attached hydrogens (tertiary/aromatic N) is 3. The molecule has 6 nitrogen and oxygen atoms in total. The van der Waals surface area contributed by atoms with Crippen molar-refractivity contribution in [3.63, 3.8) is 0 Å². The fourth-order valence-electron chi connectivity index (χ4n) is 2.22.